The molecule has 0 bridgehead atoms. The molecule has 13 heavy (non-hydrogen) atoms. The molecule has 0 amide bonds. The molecule has 2 N–H and O–H groups in total. The van der Waals surface area contributed by atoms with Crippen LogP contribution >= 0.6 is 0 Å². The maximum Gasteiger partial charge on any atom is 0.0933 e. The van der Waals surface area contributed by atoms with Crippen molar-refractivity contribution in [3.63, 3.8) is 0 Å². The van der Waals surface area contributed by atoms with Gasteiger partial charge in [-0.2, -0.15) is 0 Å². The van der Waals surface area contributed by atoms with E-state index < -0.39 is 0 Å². The third-order valence-electron chi connectivity index (χ3n) is 2.05. The van der Waals surface area contributed by atoms with Gasteiger partial charge in [0.05, 0.1) is 12.4 Å². The maximum atomic E-state index is 8.67. The van der Waals surface area contributed by atoms with Crippen LogP contribution in [0.5, 0.6) is 0 Å². The van der Waals surface area contributed by atoms with E-state index in [9.17, 15) is 0 Å². The molecule has 0 spiro atoms. The van der Waals surface area contributed by atoms with Crippen LogP contribution in [0.1, 0.15) is 0 Å². The summed E-state index contributed by atoms with van der Waals surface area (Å²) in [4.78, 5) is 4.13. The Kier molecular flexibility index (Phi) is 6.36. The van der Waals surface area contributed by atoms with Crippen LogP contribution in [-0.2, 0) is 0 Å². The van der Waals surface area contributed by atoms with Crippen LogP contribution in [0.2, 0.25) is 0 Å². The van der Waals surface area contributed by atoms with Gasteiger partial charge in [-0.1, -0.05) is 6.58 Å². The molecular weight excluding hydrogens is 166 g/mol. The molecule has 4 nitrogen and oxygen atoms in total. The summed E-state index contributed by atoms with van der Waals surface area (Å²) < 4.78 is 0. The summed E-state index contributed by atoms with van der Waals surface area (Å²) in [6.45, 7) is 6.62. The highest BCUT2D eigenvalue weighted by Gasteiger charge is 2.01. The van der Waals surface area contributed by atoms with E-state index in [1.807, 2.05) is 26.0 Å². The van der Waals surface area contributed by atoms with Gasteiger partial charge in [-0.25, -0.2) is 0 Å². The largest absolute Gasteiger partial charge is 0.395 e. The van der Waals surface area contributed by atoms with Crippen LogP contribution in [0.15, 0.2) is 12.4 Å². The number of nitrogens with zero attached hydrogens (tertiary/aromatic N) is 2. The van der Waals surface area contributed by atoms with E-state index in [1.54, 1.807) is 0 Å². The zero-order valence-electron chi connectivity index (χ0n) is 8.88. The molecule has 0 unspecified atom stereocenters. The lowest BCUT2D eigenvalue weighted by Gasteiger charge is -2.24. The summed E-state index contributed by atoms with van der Waals surface area (Å²) in [5.74, 6) is 0.914. The minimum Gasteiger partial charge on any atom is -0.395 e. The monoisotopic (exact) mass is 187 g/mol. The zero-order valence-corrected chi connectivity index (χ0v) is 8.88. The number of likely N-dealkylation sites (N-methyl/N-ethyl adjacent to an activating group) is 2. The summed E-state index contributed by atoms with van der Waals surface area (Å²) in [6.07, 6.45) is 0. The van der Waals surface area contributed by atoms with Crippen molar-refractivity contribution in [2.45, 2.75) is 0 Å². The number of aliphatic hydroxyl groups is 1. The van der Waals surface area contributed by atoms with Crippen molar-refractivity contribution >= 4 is 0 Å². The van der Waals surface area contributed by atoms with Gasteiger partial charge in [0.1, 0.15) is 0 Å². The Labute approximate surface area is 80.8 Å². The quantitative estimate of drug-likeness (QED) is 0.565. The topological polar surface area (TPSA) is 38.7 Å². The van der Waals surface area contributed by atoms with Crippen molar-refractivity contribution in [1.29, 1.82) is 0 Å². The highest BCUT2D eigenvalue weighted by molar-refractivity contribution is 4.87. The van der Waals surface area contributed by atoms with Gasteiger partial charge in [0, 0.05) is 33.7 Å². The second-order valence-electron chi connectivity index (χ2n) is 3.15. The van der Waals surface area contributed by atoms with Gasteiger partial charge in [0.25, 0.3) is 0 Å². The molecule has 0 aromatic rings. The fourth-order valence-electron chi connectivity index (χ4n) is 0.929. The number of rotatable bonds is 7. The molecular formula is C9H21N3O. The van der Waals surface area contributed by atoms with E-state index in [0.29, 0.717) is 0 Å². The highest BCUT2D eigenvalue weighted by Crippen LogP contribution is 1.92. The molecule has 0 aliphatic heterocycles. The second kappa shape index (κ2) is 6.74. The molecule has 0 fully saturated rings. The van der Waals surface area contributed by atoms with Gasteiger partial charge >= 0.3 is 0 Å². The second-order valence-corrected chi connectivity index (χ2v) is 3.15. The minimum atomic E-state index is 0.215. The van der Waals surface area contributed by atoms with Crippen LogP contribution in [0.4, 0.5) is 0 Å². The van der Waals surface area contributed by atoms with E-state index in [4.69, 9.17) is 5.11 Å². The smallest absolute Gasteiger partial charge is 0.0933 e. The molecule has 0 atom stereocenters. The normalized spacial score (nSPS) is 10.2. The highest BCUT2D eigenvalue weighted by atomic mass is 16.3. The Morgan fingerprint density at radius 2 is 1.92 bits per heavy atom. The van der Waals surface area contributed by atoms with Crippen molar-refractivity contribution in [1.82, 2.24) is 15.1 Å². The first-order valence-electron chi connectivity index (χ1n) is 4.49. The molecule has 0 radical (unpaired) electrons. The van der Waals surface area contributed by atoms with Crippen LogP contribution < -0.4 is 5.32 Å². The maximum absolute atomic E-state index is 8.67. The summed E-state index contributed by atoms with van der Waals surface area (Å²) in [7, 11) is 5.84. The third kappa shape index (κ3) is 5.49. The van der Waals surface area contributed by atoms with Crippen molar-refractivity contribution in [2.75, 3.05) is 47.4 Å². The van der Waals surface area contributed by atoms with E-state index in [1.165, 1.54) is 0 Å². The van der Waals surface area contributed by atoms with Gasteiger partial charge < -0.3 is 20.2 Å². The molecule has 0 aliphatic carbocycles. The van der Waals surface area contributed by atoms with Crippen molar-refractivity contribution in [3.8, 4) is 0 Å². The Balaban J connectivity index is 3.56. The van der Waals surface area contributed by atoms with Gasteiger partial charge in [-0.3, -0.25) is 0 Å². The Morgan fingerprint density at radius 1 is 1.31 bits per heavy atom. The molecule has 0 rings (SSSR count). The lowest BCUT2D eigenvalue weighted by molar-refractivity contribution is 0.209. The van der Waals surface area contributed by atoms with Crippen LogP contribution in [-0.4, -0.2) is 62.3 Å². The van der Waals surface area contributed by atoms with Crippen molar-refractivity contribution in [2.24, 2.45) is 0 Å². The van der Waals surface area contributed by atoms with E-state index in [0.717, 1.165) is 25.5 Å². The van der Waals surface area contributed by atoms with E-state index in [2.05, 4.69) is 16.8 Å². The van der Waals surface area contributed by atoms with Gasteiger partial charge in [0.15, 0.2) is 0 Å². The molecule has 4 heteroatoms. The summed E-state index contributed by atoms with van der Waals surface area (Å²) in [5.41, 5.74) is 0. The van der Waals surface area contributed by atoms with Gasteiger partial charge in [-0.15, -0.1) is 0 Å². The summed E-state index contributed by atoms with van der Waals surface area (Å²) in [5, 5.41) is 11.7. The van der Waals surface area contributed by atoms with Crippen LogP contribution in [0.25, 0.3) is 0 Å². The fourth-order valence-corrected chi connectivity index (χ4v) is 0.929. The number of aliphatic hydroxyl groups excluding tert-OH is 1. The zero-order chi connectivity index (χ0) is 10.3. The van der Waals surface area contributed by atoms with Gasteiger partial charge in [-0.05, 0) is 7.05 Å². The van der Waals surface area contributed by atoms with Crippen LogP contribution in [0.3, 0.4) is 0 Å². The molecule has 0 aliphatic rings. The predicted molar refractivity (Wildman–Crippen MR) is 55.4 cm³/mol. The average molecular weight is 187 g/mol. The first-order chi connectivity index (χ1) is 6.11. The molecule has 0 aromatic heterocycles. The summed E-state index contributed by atoms with van der Waals surface area (Å²) >= 11 is 0. The Bertz CT molecular complexity index is 150. The number of hydrogen-bond acceptors (Lipinski definition) is 4. The molecule has 0 aromatic carbocycles. The number of hydrogen-bond donors (Lipinski definition) is 2. The van der Waals surface area contributed by atoms with Crippen molar-refractivity contribution < 1.29 is 5.11 Å². The average Bonchev–Trinajstić information content (AvgIpc) is 2.13. The lowest BCUT2D eigenvalue weighted by atomic mass is 10.4. The lowest BCUT2D eigenvalue weighted by Crippen LogP contribution is -2.34. The van der Waals surface area contributed by atoms with Crippen LogP contribution in [0, 0.1) is 0 Å². The Morgan fingerprint density at radius 3 is 2.38 bits per heavy atom. The van der Waals surface area contributed by atoms with Gasteiger partial charge in [0.2, 0.25) is 0 Å². The number of nitrogens with one attached hydrogen (secondary N) is 1. The first-order valence-corrected chi connectivity index (χ1v) is 4.49. The molecule has 0 saturated carbocycles. The fraction of sp³-hybridized carbons (Fsp3) is 0.778. The standard InChI is InChI=1S/C9H21N3O/c1-9(10-2)12(4)6-5-11(3)7-8-13/h10,13H,1,5-8H2,2-4H3. The third-order valence-corrected chi connectivity index (χ3v) is 2.05. The summed E-state index contributed by atoms with van der Waals surface area (Å²) in [6, 6.07) is 0. The molecule has 0 heterocycles. The van der Waals surface area contributed by atoms with E-state index in [-0.39, 0.29) is 6.61 Å². The molecule has 0 saturated heterocycles. The predicted octanol–water partition coefficient (Wildman–Crippen LogP) is -0.467. The minimum absolute atomic E-state index is 0.215. The molecule has 78 valence electrons. The Hall–Kier alpha value is -0.740. The first kappa shape index (κ1) is 12.3. The SMILES string of the molecule is C=C(NC)N(C)CCN(C)CCO. The van der Waals surface area contributed by atoms with Crippen molar-refractivity contribution in [3.05, 3.63) is 12.4 Å². The van der Waals surface area contributed by atoms with E-state index >= 15 is 0 Å².